The van der Waals surface area contributed by atoms with Crippen molar-refractivity contribution in [2.75, 3.05) is 5.75 Å². The summed E-state index contributed by atoms with van der Waals surface area (Å²) in [6.45, 7) is 0. The normalized spacial score (nSPS) is 11.6. The molecule has 2 aromatic rings. The number of nitrogens with zero attached hydrogens (tertiary/aromatic N) is 1. The van der Waals surface area contributed by atoms with Gasteiger partial charge in [0.2, 0.25) is 0 Å². The second-order valence-corrected chi connectivity index (χ2v) is 4.57. The van der Waals surface area contributed by atoms with Crippen molar-refractivity contribution in [3.05, 3.63) is 34.6 Å². The Morgan fingerprint density at radius 3 is 3.20 bits per heavy atom. The highest BCUT2D eigenvalue weighted by atomic mass is 79.9. The first kappa shape index (κ1) is 10.8. The molecule has 0 aliphatic heterocycles. The van der Waals surface area contributed by atoms with Crippen LogP contribution >= 0.6 is 28.6 Å². The third-order valence-electron chi connectivity index (χ3n) is 2.12. The Morgan fingerprint density at radius 1 is 1.53 bits per heavy atom. The molecule has 0 unspecified atom stereocenters. The van der Waals surface area contributed by atoms with Gasteiger partial charge in [-0.2, -0.15) is 12.6 Å². The molecular formula is C11H11BrN2S. The molecule has 2 aromatic heterocycles. The maximum Gasteiger partial charge on any atom is 0.137 e. The smallest absolute Gasteiger partial charge is 0.137 e. The molecule has 2 rings (SSSR count). The zero-order chi connectivity index (χ0) is 10.7. The number of H-pyrrole nitrogens is 1. The van der Waals surface area contributed by atoms with Crippen LogP contribution in [0.25, 0.3) is 17.1 Å². The third-order valence-corrected chi connectivity index (χ3v) is 2.81. The largest absolute Gasteiger partial charge is 0.346 e. The number of rotatable bonds is 3. The van der Waals surface area contributed by atoms with Crippen molar-refractivity contribution in [3.63, 3.8) is 0 Å². The fourth-order valence-electron chi connectivity index (χ4n) is 1.42. The van der Waals surface area contributed by atoms with Gasteiger partial charge in [0.15, 0.2) is 0 Å². The number of pyridine rings is 1. The van der Waals surface area contributed by atoms with Crippen LogP contribution in [0.2, 0.25) is 0 Å². The van der Waals surface area contributed by atoms with E-state index in [-0.39, 0.29) is 0 Å². The Balaban J connectivity index is 2.39. The molecule has 0 atom stereocenters. The van der Waals surface area contributed by atoms with Crippen molar-refractivity contribution in [3.8, 4) is 0 Å². The summed E-state index contributed by atoms with van der Waals surface area (Å²) in [5.41, 5.74) is 2.09. The maximum absolute atomic E-state index is 4.28. The molecule has 0 saturated heterocycles. The fourth-order valence-corrected chi connectivity index (χ4v) is 1.90. The summed E-state index contributed by atoms with van der Waals surface area (Å²) in [5.74, 6) is 0.876. The van der Waals surface area contributed by atoms with Crippen LogP contribution in [0, 0.1) is 0 Å². The van der Waals surface area contributed by atoms with Crippen LogP contribution in [0.1, 0.15) is 12.0 Å². The summed E-state index contributed by atoms with van der Waals surface area (Å²) in [6.07, 6.45) is 8.97. The van der Waals surface area contributed by atoms with Crippen molar-refractivity contribution in [2.24, 2.45) is 0 Å². The van der Waals surface area contributed by atoms with Gasteiger partial charge in [-0.25, -0.2) is 4.98 Å². The lowest BCUT2D eigenvalue weighted by molar-refractivity contribution is 1.26. The number of allylic oxidation sites excluding steroid dienone is 1. The van der Waals surface area contributed by atoms with Crippen LogP contribution in [0.4, 0.5) is 0 Å². The highest BCUT2D eigenvalue weighted by Gasteiger charge is 2.01. The van der Waals surface area contributed by atoms with Crippen LogP contribution < -0.4 is 0 Å². The minimum atomic E-state index is 0.876. The van der Waals surface area contributed by atoms with Crippen molar-refractivity contribution >= 4 is 45.7 Å². The topological polar surface area (TPSA) is 28.7 Å². The SMILES string of the molecule is SCCC=Cc1c[nH]c2ncc(Br)cc12. The van der Waals surface area contributed by atoms with Crippen LogP contribution in [0.15, 0.2) is 29.0 Å². The molecule has 0 fully saturated rings. The molecule has 15 heavy (non-hydrogen) atoms. The second kappa shape index (κ2) is 4.86. The summed E-state index contributed by atoms with van der Waals surface area (Å²) >= 11 is 7.58. The molecule has 0 bridgehead atoms. The highest BCUT2D eigenvalue weighted by molar-refractivity contribution is 9.10. The van der Waals surface area contributed by atoms with Gasteiger partial charge in [0, 0.05) is 27.8 Å². The van der Waals surface area contributed by atoms with Crippen molar-refractivity contribution in [1.29, 1.82) is 0 Å². The van der Waals surface area contributed by atoms with Crippen LogP contribution in [-0.4, -0.2) is 15.7 Å². The number of aromatic amines is 1. The monoisotopic (exact) mass is 282 g/mol. The van der Waals surface area contributed by atoms with E-state index < -0.39 is 0 Å². The van der Waals surface area contributed by atoms with E-state index in [1.165, 1.54) is 5.56 Å². The molecule has 1 N–H and O–H groups in total. The average Bonchev–Trinajstić information content (AvgIpc) is 2.62. The van der Waals surface area contributed by atoms with E-state index in [1.54, 1.807) is 6.20 Å². The van der Waals surface area contributed by atoms with E-state index in [0.29, 0.717) is 0 Å². The Hall–Kier alpha value is -0.740. The van der Waals surface area contributed by atoms with E-state index >= 15 is 0 Å². The first-order chi connectivity index (χ1) is 7.31. The molecule has 0 aliphatic carbocycles. The molecule has 4 heteroatoms. The number of halogens is 1. The highest BCUT2D eigenvalue weighted by Crippen LogP contribution is 2.21. The summed E-state index contributed by atoms with van der Waals surface area (Å²) in [6, 6.07) is 2.07. The maximum atomic E-state index is 4.28. The molecule has 0 saturated carbocycles. The van der Waals surface area contributed by atoms with E-state index in [9.17, 15) is 0 Å². The van der Waals surface area contributed by atoms with Gasteiger partial charge < -0.3 is 4.98 Å². The summed E-state index contributed by atoms with van der Waals surface area (Å²) in [4.78, 5) is 7.42. The molecule has 0 amide bonds. The lowest BCUT2D eigenvalue weighted by Gasteiger charge is -1.92. The Labute approximate surface area is 102 Å². The third kappa shape index (κ3) is 2.44. The van der Waals surface area contributed by atoms with Crippen molar-refractivity contribution in [1.82, 2.24) is 9.97 Å². The Bertz CT molecular complexity index is 490. The van der Waals surface area contributed by atoms with Gasteiger partial charge in [-0.3, -0.25) is 0 Å². The lowest BCUT2D eigenvalue weighted by atomic mass is 10.2. The summed E-state index contributed by atoms with van der Waals surface area (Å²) in [7, 11) is 0. The van der Waals surface area contributed by atoms with E-state index in [0.717, 1.165) is 27.7 Å². The molecule has 0 aliphatic rings. The lowest BCUT2D eigenvalue weighted by Crippen LogP contribution is -1.76. The predicted molar refractivity (Wildman–Crippen MR) is 71.3 cm³/mol. The molecule has 0 spiro atoms. The molecule has 2 heterocycles. The number of hydrogen-bond donors (Lipinski definition) is 2. The molecule has 2 nitrogen and oxygen atoms in total. The van der Waals surface area contributed by atoms with Gasteiger partial charge >= 0.3 is 0 Å². The first-order valence-electron chi connectivity index (χ1n) is 4.71. The van der Waals surface area contributed by atoms with Gasteiger partial charge in [0.25, 0.3) is 0 Å². The molecule has 0 aromatic carbocycles. The number of thiol groups is 1. The number of aromatic nitrogens is 2. The molecular weight excluding hydrogens is 272 g/mol. The van der Waals surface area contributed by atoms with E-state index in [1.807, 2.05) is 6.20 Å². The molecule has 0 radical (unpaired) electrons. The standard InChI is InChI=1S/C11H11BrN2S/c12-9-5-10-8(3-1-2-4-15)6-13-11(10)14-7-9/h1,3,5-7,15H,2,4H2,(H,13,14). The zero-order valence-electron chi connectivity index (χ0n) is 8.07. The van der Waals surface area contributed by atoms with E-state index in [4.69, 9.17) is 0 Å². The number of hydrogen-bond acceptors (Lipinski definition) is 2. The summed E-state index contributed by atoms with van der Waals surface area (Å²) < 4.78 is 0.999. The van der Waals surface area contributed by atoms with Crippen LogP contribution in [-0.2, 0) is 0 Å². The van der Waals surface area contributed by atoms with Gasteiger partial charge in [0.05, 0.1) is 0 Å². The van der Waals surface area contributed by atoms with E-state index in [2.05, 4.69) is 56.7 Å². The number of nitrogens with one attached hydrogen (secondary N) is 1. The van der Waals surface area contributed by atoms with Gasteiger partial charge in [0.1, 0.15) is 5.65 Å². The van der Waals surface area contributed by atoms with Crippen LogP contribution in [0.3, 0.4) is 0 Å². The average molecular weight is 283 g/mol. The molecule has 78 valence electrons. The van der Waals surface area contributed by atoms with Crippen molar-refractivity contribution in [2.45, 2.75) is 6.42 Å². The second-order valence-electron chi connectivity index (χ2n) is 3.21. The van der Waals surface area contributed by atoms with Gasteiger partial charge in [-0.05, 0) is 34.2 Å². The number of fused-ring (bicyclic) bond motifs is 1. The van der Waals surface area contributed by atoms with Gasteiger partial charge in [-0.15, -0.1) is 0 Å². The minimum Gasteiger partial charge on any atom is -0.346 e. The van der Waals surface area contributed by atoms with Crippen LogP contribution in [0.5, 0.6) is 0 Å². The quantitative estimate of drug-likeness (QED) is 0.827. The zero-order valence-corrected chi connectivity index (χ0v) is 10.6. The summed E-state index contributed by atoms with van der Waals surface area (Å²) in [5, 5.41) is 1.14. The Morgan fingerprint density at radius 2 is 2.40 bits per heavy atom. The van der Waals surface area contributed by atoms with Gasteiger partial charge in [-0.1, -0.05) is 12.2 Å². The fraction of sp³-hybridized carbons (Fsp3) is 0.182. The Kier molecular flexibility index (Phi) is 3.49. The minimum absolute atomic E-state index is 0.876. The first-order valence-corrected chi connectivity index (χ1v) is 6.14. The van der Waals surface area contributed by atoms with Crippen molar-refractivity contribution < 1.29 is 0 Å². The predicted octanol–water partition coefficient (Wildman–Crippen LogP) is 3.66.